The number of hydrogen-bond donors (Lipinski definition) is 2. The number of pyridine rings is 1. The quantitative estimate of drug-likeness (QED) is 0.413. The van der Waals surface area contributed by atoms with Crippen LogP contribution in [0.2, 0.25) is 0 Å². The molecule has 1 atom stereocenters. The van der Waals surface area contributed by atoms with Crippen molar-refractivity contribution in [1.29, 1.82) is 0 Å². The van der Waals surface area contributed by atoms with Gasteiger partial charge in [-0.25, -0.2) is 9.37 Å². The van der Waals surface area contributed by atoms with Crippen molar-refractivity contribution in [3.8, 4) is 10.4 Å². The summed E-state index contributed by atoms with van der Waals surface area (Å²) in [4.78, 5) is 9.38. The summed E-state index contributed by atoms with van der Waals surface area (Å²) in [5.74, 6) is -1.30. The van der Waals surface area contributed by atoms with Crippen molar-refractivity contribution in [1.82, 2.24) is 9.97 Å². The Morgan fingerprint density at radius 2 is 1.81 bits per heavy atom. The van der Waals surface area contributed by atoms with E-state index in [-0.39, 0.29) is 6.42 Å². The third kappa shape index (κ3) is 4.67. The van der Waals surface area contributed by atoms with E-state index in [9.17, 15) is 17.6 Å². The first-order valence-electron chi connectivity index (χ1n) is 9.41. The van der Waals surface area contributed by atoms with Crippen LogP contribution in [0, 0.1) is 5.82 Å². The van der Waals surface area contributed by atoms with E-state index in [1.165, 1.54) is 17.4 Å². The van der Waals surface area contributed by atoms with Gasteiger partial charge in [-0.05, 0) is 47.2 Å². The van der Waals surface area contributed by atoms with Crippen molar-refractivity contribution in [2.75, 3.05) is 5.73 Å². The lowest BCUT2D eigenvalue weighted by Gasteiger charge is -2.13. The number of halogens is 4. The Labute approximate surface area is 179 Å². The van der Waals surface area contributed by atoms with Gasteiger partial charge in [0.2, 0.25) is 0 Å². The van der Waals surface area contributed by atoms with Gasteiger partial charge in [-0.3, -0.25) is 4.98 Å². The molecule has 0 aliphatic carbocycles. The molecule has 0 saturated carbocycles. The third-order valence-electron chi connectivity index (χ3n) is 4.91. The monoisotopic (exact) mass is 446 g/mol. The van der Waals surface area contributed by atoms with Crippen molar-refractivity contribution in [3.05, 3.63) is 77.5 Å². The number of rotatable bonds is 5. The van der Waals surface area contributed by atoms with Gasteiger partial charge in [-0.1, -0.05) is 29.5 Å². The van der Waals surface area contributed by atoms with Crippen LogP contribution < -0.4 is 11.5 Å². The zero-order valence-electron chi connectivity index (χ0n) is 16.2. The topological polar surface area (TPSA) is 77.8 Å². The molecule has 0 aliphatic heterocycles. The molecule has 0 unspecified atom stereocenters. The minimum absolute atomic E-state index is 0.204. The molecule has 0 bridgehead atoms. The lowest BCUT2D eigenvalue weighted by molar-refractivity contribution is -0.140. The number of aromatic nitrogens is 2. The first-order valence-corrected chi connectivity index (χ1v) is 10.2. The summed E-state index contributed by atoms with van der Waals surface area (Å²) in [5.41, 5.74) is 12.9. The Morgan fingerprint density at radius 3 is 2.55 bits per heavy atom. The number of thiazole rings is 1. The van der Waals surface area contributed by atoms with E-state index in [2.05, 4.69) is 9.97 Å². The maximum absolute atomic E-state index is 13.8. The maximum Gasteiger partial charge on any atom is 0.419 e. The van der Waals surface area contributed by atoms with Gasteiger partial charge in [-0.2, -0.15) is 13.2 Å². The zero-order chi connectivity index (χ0) is 22.2. The van der Waals surface area contributed by atoms with Gasteiger partial charge in [0.25, 0.3) is 0 Å². The fourth-order valence-electron chi connectivity index (χ4n) is 3.50. The van der Waals surface area contributed by atoms with Crippen LogP contribution >= 0.6 is 11.3 Å². The number of nitrogens with two attached hydrogens (primary N) is 2. The van der Waals surface area contributed by atoms with E-state index in [1.54, 1.807) is 12.4 Å². The summed E-state index contributed by atoms with van der Waals surface area (Å²) in [7, 11) is 0. The highest BCUT2D eigenvalue weighted by molar-refractivity contribution is 7.18. The van der Waals surface area contributed by atoms with Gasteiger partial charge in [0, 0.05) is 30.2 Å². The highest BCUT2D eigenvalue weighted by atomic mass is 32.1. The molecule has 0 fully saturated rings. The molecule has 0 radical (unpaired) electrons. The average molecular weight is 446 g/mol. The van der Waals surface area contributed by atoms with Gasteiger partial charge >= 0.3 is 6.18 Å². The van der Waals surface area contributed by atoms with Gasteiger partial charge in [0.1, 0.15) is 5.82 Å². The van der Waals surface area contributed by atoms with Crippen LogP contribution in [-0.2, 0) is 19.0 Å². The van der Waals surface area contributed by atoms with E-state index >= 15 is 0 Å². The second-order valence-corrected chi connectivity index (χ2v) is 8.28. The molecular weight excluding hydrogens is 428 g/mol. The van der Waals surface area contributed by atoms with Crippen LogP contribution in [0.25, 0.3) is 21.2 Å². The fraction of sp³-hybridized carbons (Fsp3) is 0.182. The molecular formula is C22H18F4N4S. The number of nitrogen functional groups attached to an aromatic ring is 1. The molecule has 160 valence electrons. The number of fused-ring (bicyclic) bond motifs is 1. The lowest BCUT2D eigenvalue weighted by atomic mass is 9.99. The van der Waals surface area contributed by atoms with Crippen molar-refractivity contribution in [2.45, 2.75) is 25.1 Å². The molecule has 4 aromatic rings. The molecule has 0 aliphatic rings. The molecule has 0 amide bonds. The summed E-state index contributed by atoms with van der Waals surface area (Å²) in [6.07, 6.45) is -0.684. The molecule has 9 heteroatoms. The van der Waals surface area contributed by atoms with Gasteiger partial charge < -0.3 is 11.5 Å². The average Bonchev–Trinajstić information content (AvgIpc) is 3.06. The molecule has 2 heterocycles. The number of nitrogens with zero attached hydrogens (tertiary/aromatic N) is 2. The van der Waals surface area contributed by atoms with Gasteiger partial charge in [0.15, 0.2) is 5.13 Å². The zero-order valence-corrected chi connectivity index (χ0v) is 17.0. The normalized spacial score (nSPS) is 12.9. The maximum atomic E-state index is 13.8. The van der Waals surface area contributed by atoms with Crippen molar-refractivity contribution in [3.63, 3.8) is 0 Å². The van der Waals surface area contributed by atoms with E-state index in [4.69, 9.17) is 11.5 Å². The number of alkyl halides is 3. The van der Waals surface area contributed by atoms with Crippen LogP contribution in [-0.4, -0.2) is 16.0 Å². The fourth-order valence-corrected chi connectivity index (χ4v) is 4.35. The summed E-state index contributed by atoms with van der Waals surface area (Å²) in [6, 6.07) is 10.3. The van der Waals surface area contributed by atoms with Crippen LogP contribution in [0.5, 0.6) is 0 Å². The molecule has 0 saturated heterocycles. The molecule has 4 rings (SSSR count). The number of hydrogen-bond acceptors (Lipinski definition) is 5. The van der Waals surface area contributed by atoms with E-state index in [0.717, 1.165) is 33.3 Å². The predicted molar refractivity (Wildman–Crippen MR) is 114 cm³/mol. The van der Waals surface area contributed by atoms with Crippen LogP contribution in [0.15, 0.2) is 54.9 Å². The molecule has 31 heavy (non-hydrogen) atoms. The highest BCUT2D eigenvalue weighted by Gasteiger charge is 2.34. The minimum atomic E-state index is -4.73. The SMILES string of the molecule is Nc1nc(C[C@@H](N)Cc2ccc(C(F)(F)F)c(F)c2)c(-c2ccc3cnccc3c2)s1. The number of benzene rings is 2. The van der Waals surface area contributed by atoms with Gasteiger partial charge in [0.05, 0.1) is 16.1 Å². The molecule has 4 nitrogen and oxygen atoms in total. The Morgan fingerprint density at radius 1 is 1.00 bits per heavy atom. The Hall–Kier alpha value is -3.04. The second kappa shape index (κ2) is 8.24. The minimum Gasteiger partial charge on any atom is -0.375 e. The molecule has 2 aromatic carbocycles. The number of anilines is 1. The second-order valence-electron chi connectivity index (χ2n) is 7.25. The molecule has 4 N–H and O–H groups in total. The highest BCUT2D eigenvalue weighted by Crippen LogP contribution is 2.35. The standard InChI is InChI=1S/C22H18F4N4S/c23-18-8-12(1-4-17(18)22(24,25)26)7-16(27)10-19-20(31-21(28)30-19)14-2-3-15-11-29-6-5-13(15)9-14/h1-6,8-9,11,16H,7,10,27H2,(H2,28,30)/t16-/m0/s1. The largest absolute Gasteiger partial charge is 0.419 e. The smallest absolute Gasteiger partial charge is 0.375 e. The summed E-state index contributed by atoms with van der Waals surface area (Å²) < 4.78 is 52.1. The third-order valence-corrected chi connectivity index (χ3v) is 5.88. The van der Waals surface area contributed by atoms with Crippen molar-refractivity contribution >= 4 is 27.2 Å². The van der Waals surface area contributed by atoms with E-state index in [1.807, 2.05) is 24.3 Å². The Bertz CT molecular complexity index is 1240. The van der Waals surface area contributed by atoms with Crippen LogP contribution in [0.3, 0.4) is 0 Å². The van der Waals surface area contributed by atoms with Crippen molar-refractivity contribution in [2.24, 2.45) is 5.73 Å². The van der Waals surface area contributed by atoms with Crippen molar-refractivity contribution < 1.29 is 17.6 Å². The Balaban J connectivity index is 1.55. The summed E-state index contributed by atoms with van der Waals surface area (Å²) in [6.45, 7) is 0. The molecule has 2 aromatic heterocycles. The summed E-state index contributed by atoms with van der Waals surface area (Å²) in [5, 5.41) is 2.42. The first kappa shape index (κ1) is 21.2. The predicted octanol–water partition coefficient (Wildman–Crippen LogP) is 5.21. The molecule has 0 spiro atoms. The van der Waals surface area contributed by atoms with Gasteiger partial charge in [-0.15, -0.1) is 0 Å². The van der Waals surface area contributed by atoms with E-state index < -0.39 is 23.6 Å². The summed E-state index contributed by atoms with van der Waals surface area (Å²) >= 11 is 1.34. The van der Waals surface area contributed by atoms with Crippen LogP contribution in [0.4, 0.5) is 22.7 Å². The lowest BCUT2D eigenvalue weighted by Crippen LogP contribution is -2.26. The Kier molecular flexibility index (Phi) is 5.63. The first-order chi connectivity index (χ1) is 14.7. The van der Waals surface area contributed by atoms with Crippen LogP contribution in [0.1, 0.15) is 16.8 Å². The van der Waals surface area contributed by atoms with E-state index in [0.29, 0.717) is 22.8 Å².